The fourth-order valence-corrected chi connectivity index (χ4v) is 4.80. The fourth-order valence-electron chi connectivity index (χ4n) is 4.80. The largest absolute Gasteiger partial charge is 0.480 e. The molecule has 3 amide bonds. The van der Waals surface area contributed by atoms with E-state index in [0.29, 0.717) is 0 Å². The van der Waals surface area contributed by atoms with Gasteiger partial charge in [-0.2, -0.15) is 0 Å². The number of alkyl carbamates (subject to hydrolysis) is 1. The summed E-state index contributed by atoms with van der Waals surface area (Å²) in [6.45, 7) is 3.15. The van der Waals surface area contributed by atoms with Crippen molar-refractivity contribution >= 4 is 23.9 Å². The first kappa shape index (κ1) is 28.1. The molecule has 9 heteroatoms. The molecule has 1 aliphatic carbocycles. The van der Waals surface area contributed by atoms with Crippen LogP contribution in [-0.2, 0) is 25.5 Å². The van der Waals surface area contributed by atoms with Crippen LogP contribution < -0.4 is 16.0 Å². The van der Waals surface area contributed by atoms with E-state index in [0.717, 1.165) is 27.8 Å². The molecule has 0 saturated carbocycles. The van der Waals surface area contributed by atoms with E-state index in [1.54, 1.807) is 24.3 Å². The molecule has 40 heavy (non-hydrogen) atoms. The molecule has 3 aromatic carbocycles. The number of carbonyl (C=O) groups excluding carboxylic acids is 3. The first-order valence-electron chi connectivity index (χ1n) is 12.9. The molecule has 0 fully saturated rings. The third-order valence-corrected chi connectivity index (χ3v) is 6.68. The van der Waals surface area contributed by atoms with Crippen molar-refractivity contribution in [1.29, 1.82) is 0 Å². The molecule has 1 aliphatic rings. The van der Waals surface area contributed by atoms with Crippen LogP contribution in [0.1, 0.15) is 29.0 Å². The van der Waals surface area contributed by atoms with Gasteiger partial charge in [0.1, 0.15) is 25.2 Å². The number of carboxylic acids is 1. The van der Waals surface area contributed by atoms with Crippen LogP contribution in [0.25, 0.3) is 11.1 Å². The summed E-state index contributed by atoms with van der Waals surface area (Å²) in [6, 6.07) is 22.8. The molecule has 0 unspecified atom stereocenters. The number of aliphatic carboxylic acids is 1. The number of hydrogen-bond acceptors (Lipinski definition) is 5. The highest BCUT2D eigenvalue weighted by molar-refractivity contribution is 5.92. The van der Waals surface area contributed by atoms with Crippen LogP contribution in [0.3, 0.4) is 0 Å². The molecule has 0 bridgehead atoms. The van der Waals surface area contributed by atoms with Crippen LogP contribution in [0.15, 0.2) is 91.5 Å². The first-order chi connectivity index (χ1) is 19.4. The molecule has 9 nitrogen and oxygen atoms in total. The zero-order chi connectivity index (χ0) is 28.5. The third-order valence-electron chi connectivity index (χ3n) is 6.68. The Kier molecular flexibility index (Phi) is 9.30. The van der Waals surface area contributed by atoms with Crippen molar-refractivity contribution in [3.8, 4) is 11.1 Å². The summed E-state index contributed by atoms with van der Waals surface area (Å²) in [4.78, 5) is 49.6. The van der Waals surface area contributed by atoms with Crippen molar-refractivity contribution in [2.75, 3.05) is 13.2 Å². The molecule has 0 aliphatic heterocycles. The number of benzene rings is 3. The van der Waals surface area contributed by atoms with Crippen LogP contribution in [0.2, 0.25) is 0 Å². The van der Waals surface area contributed by atoms with E-state index < -0.39 is 42.5 Å². The lowest BCUT2D eigenvalue weighted by Crippen LogP contribution is -2.54. The van der Waals surface area contributed by atoms with Gasteiger partial charge in [-0.15, -0.1) is 6.58 Å². The van der Waals surface area contributed by atoms with Gasteiger partial charge in [0.25, 0.3) is 0 Å². The Labute approximate surface area is 232 Å². The van der Waals surface area contributed by atoms with Crippen LogP contribution in [-0.4, -0.2) is 54.2 Å². The second kappa shape index (κ2) is 13.2. The van der Waals surface area contributed by atoms with Crippen LogP contribution in [0, 0.1) is 0 Å². The monoisotopic (exact) mass is 541 g/mol. The lowest BCUT2D eigenvalue weighted by atomic mass is 9.98. The van der Waals surface area contributed by atoms with Gasteiger partial charge in [0, 0.05) is 12.3 Å². The highest BCUT2D eigenvalue weighted by atomic mass is 16.5. The summed E-state index contributed by atoms with van der Waals surface area (Å²) in [5, 5.41) is 16.5. The second-order valence-electron chi connectivity index (χ2n) is 9.41. The Hall–Kier alpha value is -4.92. The second-order valence-corrected chi connectivity index (χ2v) is 9.41. The highest BCUT2D eigenvalue weighted by Crippen LogP contribution is 2.44. The van der Waals surface area contributed by atoms with E-state index >= 15 is 0 Å². The molecule has 4 N–H and O–H groups in total. The minimum Gasteiger partial charge on any atom is -0.480 e. The fraction of sp³-hybridized carbons (Fsp3) is 0.226. The summed E-state index contributed by atoms with van der Waals surface area (Å²) in [6.07, 6.45) is 0.915. The molecule has 0 radical (unpaired) electrons. The normalized spacial score (nSPS) is 13.2. The summed E-state index contributed by atoms with van der Waals surface area (Å²) in [5.74, 6) is -2.63. The van der Waals surface area contributed by atoms with Gasteiger partial charge in [-0.05, 0) is 34.2 Å². The number of hydrogen-bond donors (Lipinski definition) is 4. The molecule has 3 aromatic rings. The predicted octanol–water partition coefficient (Wildman–Crippen LogP) is 3.40. The van der Waals surface area contributed by atoms with Crippen LogP contribution >= 0.6 is 0 Å². The van der Waals surface area contributed by atoms with Gasteiger partial charge in [-0.1, -0.05) is 84.9 Å². The van der Waals surface area contributed by atoms with Crippen LogP contribution in [0.4, 0.5) is 4.79 Å². The summed E-state index contributed by atoms with van der Waals surface area (Å²) in [7, 11) is 0. The maximum absolute atomic E-state index is 13.2. The topological polar surface area (TPSA) is 134 Å². The van der Waals surface area contributed by atoms with Crippen LogP contribution in [0.5, 0.6) is 0 Å². The Balaban J connectivity index is 1.41. The van der Waals surface area contributed by atoms with Gasteiger partial charge in [0.05, 0.1) is 0 Å². The van der Waals surface area contributed by atoms with Crippen molar-refractivity contribution in [2.45, 2.75) is 30.8 Å². The Bertz CT molecular complexity index is 1350. The Morgan fingerprint density at radius 2 is 1.43 bits per heavy atom. The number of fused-ring (bicyclic) bond motifs is 3. The van der Waals surface area contributed by atoms with Gasteiger partial charge < -0.3 is 25.8 Å². The predicted molar refractivity (Wildman–Crippen MR) is 150 cm³/mol. The quantitative estimate of drug-likeness (QED) is 0.260. The number of rotatable bonds is 12. The van der Waals surface area contributed by atoms with E-state index in [1.807, 2.05) is 54.6 Å². The van der Waals surface area contributed by atoms with Crippen molar-refractivity contribution in [3.63, 3.8) is 0 Å². The summed E-state index contributed by atoms with van der Waals surface area (Å²) in [5.41, 5.74) is 5.09. The average molecular weight is 542 g/mol. The maximum Gasteiger partial charge on any atom is 0.407 e. The van der Waals surface area contributed by atoms with Gasteiger partial charge >= 0.3 is 12.1 Å². The molecule has 2 atom stereocenters. The van der Waals surface area contributed by atoms with Gasteiger partial charge in [-0.3, -0.25) is 14.4 Å². The maximum atomic E-state index is 13.2. The molecule has 0 saturated heterocycles. The Morgan fingerprint density at radius 1 is 0.825 bits per heavy atom. The first-order valence-corrected chi connectivity index (χ1v) is 12.9. The van der Waals surface area contributed by atoms with E-state index in [2.05, 4.69) is 22.5 Å². The van der Waals surface area contributed by atoms with E-state index in [-0.39, 0.29) is 25.4 Å². The highest BCUT2D eigenvalue weighted by Gasteiger charge is 2.30. The summed E-state index contributed by atoms with van der Waals surface area (Å²) < 4.78 is 5.57. The molecule has 206 valence electrons. The average Bonchev–Trinajstić information content (AvgIpc) is 3.28. The number of amides is 3. The number of nitrogens with one attached hydrogen (secondary N) is 3. The Morgan fingerprint density at radius 3 is 2.02 bits per heavy atom. The van der Waals surface area contributed by atoms with Crippen molar-refractivity contribution in [3.05, 3.63) is 108 Å². The van der Waals surface area contributed by atoms with E-state index in [1.165, 1.54) is 6.08 Å². The summed E-state index contributed by atoms with van der Waals surface area (Å²) >= 11 is 0. The minimum absolute atomic E-state index is 0.0799. The minimum atomic E-state index is -1.21. The van der Waals surface area contributed by atoms with Crippen molar-refractivity contribution < 1.29 is 29.0 Å². The zero-order valence-electron chi connectivity index (χ0n) is 21.8. The lowest BCUT2D eigenvalue weighted by Gasteiger charge is -2.23. The standard InChI is InChI=1S/C31H31N3O6/c1-2-10-26(30(38)33-27(29(37)32-18-28(35)36)17-20-11-4-3-5-12-20)34-31(39)40-19-25-23-15-8-6-13-21(23)22-14-7-9-16-24(22)25/h2-9,11-16,25-27H,1,10,17-19H2,(H,32,37)(H,33,38)(H,34,39)(H,35,36)/t26-,27-/m0/s1. The van der Waals surface area contributed by atoms with E-state index in [4.69, 9.17) is 9.84 Å². The zero-order valence-corrected chi connectivity index (χ0v) is 21.8. The van der Waals surface area contributed by atoms with Crippen molar-refractivity contribution in [1.82, 2.24) is 16.0 Å². The smallest absolute Gasteiger partial charge is 0.407 e. The number of carboxylic acid groups (broad SMARTS) is 1. The molecule has 4 rings (SSSR count). The van der Waals surface area contributed by atoms with Crippen molar-refractivity contribution in [2.24, 2.45) is 0 Å². The van der Waals surface area contributed by atoms with E-state index in [9.17, 15) is 19.2 Å². The van der Waals surface area contributed by atoms with Gasteiger partial charge in [-0.25, -0.2) is 4.79 Å². The lowest BCUT2D eigenvalue weighted by molar-refractivity contribution is -0.138. The molecule has 0 heterocycles. The molecular formula is C31H31N3O6. The number of ether oxygens (including phenoxy) is 1. The SMILES string of the molecule is C=CC[C@H](NC(=O)OCC1c2ccccc2-c2ccccc21)C(=O)N[C@@H](Cc1ccccc1)C(=O)NCC(=O)O. The third kappa shape index (κ3) is 6.93. The van der Waals surface area contributed by atoms with Gasteiger partial charge in [0.2, 0.25) is 11.8 Å². The van der Waals surface area contributed by atoms with Gasteiger partial charge in [0.15, 0.2) is 0 Å². The molecule has 0 spiro atoms. The molecular weight excluding hydrogens is 510 g/mol. The molecule has 0 aromatic heterocycles. The number of carbonyl (C=O) groups is 4.